The quantitative estimate of drug-likeness (QED) is 0.140. The Kier molecular flexibility index (Phi) is 5.63. The van der Waals surface area contributed by atoms with Crippen molar-refractivity contribution >= 4 is 11.8 Å². The first kappa shape index (κ1) is 17.6. The van der Waals surface area contributed by atoms with Crippen LogP contribution in [0.15, 0.2) is 17.8 Å². The molecule has 0 heterocycles. The van der Waals surface area contributed by atoms with Gasteiger partial charge in [-0.1, -0.05) is 0 Å². The Morgan fingerprint density at radius 2 is 1.82 bits per heavy atom. The largest absolute Gasteiger partial charge is 0.477 e. The Labute approximate surface area is 121 Å². The number of aliphatic hydroxyl groups excluding tert-OH is 1. The third-order valence-electron chi connectivity index (χ3n) is 2.61. The van der Waals surface area contributed by atoms with E-state index in [1.165, 1.54) is 6.92 Å². The maximum absolute atomic E-state index is 13.5. The molecule has 0 bridgehead atoms. The molecule has 9 heteroatoms. The van der Waals surface area contributed by atoms with Crippen LogP contribution in [0.2, 0.25) is 0 Å². The van der Waals surface area contributed by atoms with Gasteiger partial charge >= 0.3 is 5.97 Å². The molecule has 3 N–H and O–H groups in total. The second-order valence-electron chi connectivity index (χ2n) is 4.29. The van der Waals surface area contributed by atoms with Gasteiger partial charge in [-0.15, -0.1) is 0 Å². The summed E-state index contributed by atoms with van der Waals surface area (Å²) in [6.45, 7) is 1.05. The Hall–Kier alpha value is -2.42. The number of hydrogen-bond acceptors (Lipinski definition) is 4. The summed E-state index contributed by atoms with van der Waals surface area (Å²) in [4.78, 5) is 22.9. The van der Waals surface area contributed by atoms with Crippen LogP contribution >= 0.6 is 0 Å². The van der Waals surface area contributed by atoms with Gasteiger partial charge in [-0.3, -0.25) is 4.79 Å². The number of halogens is 4. The Morgan fingerprint density at radius 3 is 2.32 bits per heavy atom. The molecule has 5 nitrogen and oxygen atoms in total. The highest BCUT2D eigenvalue weighted by molar-refractivity contribution is 6.23. The van der Waals surface area contributed by atoms with Crippen molar-refractivity contribution in [3.63, 3.8) is 0 Å². The summed E-state index contributed by atoms with van der Waals surface area (Å²) in [5.74, 6) is -11.5. The Balaban J connectivity index is 3.30. The number of aliphatic hydroxyl groups is 1. The van der Waals surface area contributed by atoms with E-state index in [4.69, 9.17) is 10.2 Å². The zero-order valence-corrected chi connectivity index (χ0v) is 11.2. The number of benzene rings is 1. The van der Waals surface area contributed by atoms with Crippen molar-refractivity contribution in [1.82, 2.24) is 5.32 Å². The smallest absolute Gasteiger partial charge is 0.341 e. The number of nitrogens with one attached hydrogen (secondary N) is 1. The van der Waals surface area contributed by atoms with E-state index in [0.29, 0.717) is 6.20 Å². The highest BCUT2D eigenvalue weighted by Gasteiger charge is 2.27. The van der Waals surface area contributed by atoms with Gasteiger partial charge in [0, 0.05) is 12.2 Å². The van der Waals surface area contributed by atoms with Gasteiger partial charge in [-0.2, -0.15) is 0 Å². The molecule has 1 unspecified atom stereocenters. The maximum Gasteiger partial charge on any atom is 0.341 e. The van der Waals surface area contributed by atoms with Crippen LogP contribution in [0.4, 0.5) is 17.6 Å². The number of carboxylic acid groups (broad SMARTS) is 1. The molecule has 0 saturated carbocycles. The summed E-state index contributed by atoms with van der Waals surface area (Å²) in [6.07, 6.45) is 0.657. The first-order valence-electron chi connectivity index (χ1n) is 5.88. The normalized spacial score (nSPS) is 12.9. The van der Waals surface area contributed by atoms with Gasteiger partial charge in [-0.25, -0.2) is 22.4 Å². The molecule has 0 spiro atoms. The van der Waals surface area contributed by atoms with Crippen molar-refractivity contribution in [2.75, 3.05) is 6.61 Å². The monoisotopic (exact) mass is 321 g/mol. The number of ketones is 1. The van der Waals surface area contributed by atoms with Crippen LogP contribution in [0, 0.1) is 23.3 Å². The first-order valence-corrected chi connectivity index (χ1v) is 5.88. The van der Waals surface area contributed by atoms with E-state index in [9.17, 15) is 27.2 Å². The molecule has 0 aliphatic carbocycles. The molecule has 0 amide bonds. The van der Waals surface area contributed by atoms with Crippen molar-refractivity contribution in [1.29, 1.82) is 0 Å². The number of carbonyl (C=O) groups is 2. The molecule has 1 aromatic carbocycles. The second-order valence-corrected chi connectivity index (χ2v) is 4.29. The molecule has 0 radical (unpaired) electrons. The summed E-state index contributed by atoms with van der Waals surface area (Å²) >= 11 is 0. The van der Waals surface area contributed by atoms with Gasteiger partial charge in [0.15, 0.2) is 23.3 Å². The van der Waals surface area contributed by atoms with E-state index in [-0.39, 0.29) is 6.07 Å². The molecule has 0 aromatic heterocycles. The van der Waals surface area contributed by atoms with Crippen molar-refractivity contribution in [3.05, 3.63) is 46.7 Å². The fourth-order valence-electron chi connectivity index (χ4n) is 1.39. The number of carbonyl (C=O) groups excluding carboxylic acids is 1. The van der Waals surface area contributed by atoms with Gasteiger partial charge in [-0.05, 0) is 13.0 Å². The minimum Gasteiger partial charge on any atom is -0.477 e. The third kappa shape index (κ3) is 3.61. The van der Waals surface area contributed by atoms with Gasteiger partial charge in [0.1, 0.15) is 5.57 Å². The summed E-state index contributed by atoms with van der Waals surface area (Å²) in [7, 11) is 0. The van der Waals surface area contributed by atoms with Crippen LogP contribution in [0.5, 0.6) is 0 Å². The number of Topliss-reactive ketones (excluding diaryl/α,β-unsaturated/α-hetero) is 1. The van der Waals surface area contributed by atoms with Gasteiger partial charge in [0.2, 0.25) is 5.78 Å². The molecule has 1 atom stereocenters. The van der Waals surface area contributed by atoms with E-state index in [0.717, 1.165) is 0 Å². The zero-order valence-electron chi connectivity index (χ0n) is 11.2. The minimum atomic E-state index is -2.22. The average molecular weight is 321 g/mol. The van der Waals surface area contributed by atoms with Crippen molar-refractivity contribution < 1.29 is 37.4 Å². The molecule has 0 aliphatic heterocycles. The van der Waals surface area contributed by atoms with Crippen LogP contribution in [0.3, 0.4) is 0 Å². The van der Waals surface area contributed by atoms with Gasteiger partial charge < -0.3 is 15.5 Å². The van der Waals surface area contributed by atoms with Crippen LogP contribution in [-0.4, -0.2) is 34.6 Å². The lowest BCUT2D eigenvalue weighted by Gasteiger charge is -2.10. The average Bonchev–Trinajstić information content (AvgIpc) is 2.48. The van der Waals surface area contributed by atoms with Gasteiger partial charge in [0.05, 0.1) is 12.2 Å². The Morgan fingerprint density at radius 1 is 1.23 bits per heavy atom. The van der Waals surface area contributed by atoms with Crippen molar-refractivity contribution in [3.8, 4) is 0 Å². The van der Waals surface area contributed by atoms with E-state index < -0.39 is 58.8 Å². The predicted molar refractivity (Wildman–Crippen MR) is 66.0 cm³/mol. The van der Waals surface area contributed by atoms with Gasteiger partial charge in [0.25, 0.3) is 0 Å². The van der Waals surface area contributed by atoms with Crippen molar-refractivity contribution in [2.24, 2.45) is 0 Å². The number of carboxylic acids is 1. The van der Waals surface area contributed by atoms with Crippen LogP contribution in [0.25, 0.3) is 0 Å². The first-order chi connectivity index (χ1) is 10.2. The molecule has 0 saturated heterocycles. The minimum absolute atomic E-state index is 0.0718. The molecule has 0 fully saturated rings. The summed E-state index contributed by atoms with van der Waals surface area (Å²) in [5.41, 5.74) is -2.30. The highest BCUT2D eigenvalue weighted by atomic mass is 19.2. The lowest BCUT2D eigenvalue weighted by molar-refractivity contribution is -0.132. The number of aliphatic carboxylic acids is 1. The topological polar surface area (TPSA) is 86.6 Å². The van der Waals surface area contributed by atoms with Crippen LogP contribution in [-0.2, 0) is 4.79 Å². The fourth-order valence-corrected chi connectivity index (χ4v) is 1.39. The maximum atomic E-state index is 13.5. The molecular weight excluding hydrogens is 310 g/mol. The number of hydrogen-bond donors (Lipinski definition) is 3. The number of rotatable bonds is 6. The van der Waals surface area contributed by atoms with E-state index in [1.54, 1.807) is 0 Å². The van der Waals surface area contributed by atoms with Crippen LogP contribution < -0.4 is 5.32 Å². The SMILES string of the molecule is CC(CO)N/C=C(/C(=O)O)C(=O)c1cc(F)c(F)c(F)c1F. The van der Waals surface area contributed by atoms with Crippen molar-refractivity contribution in [2.45, 2.75) is 13.0 Å². The lowest BCUT2D eigenvalue weighted by atomic mass is 10.0. The Bertz CT molecular complexity index is 645. The summed E-state index contributed by atoms with van der Waals surface area (Å²) in [6, 6.07) is -0.559. The fraction of sp³-hybridized carbons (Fsp3) is 0.231. The zero-order chi connectivity index (χ0) is 17.0. The highest BCUT2D eigenvalue weighted by Crippen LogP contribution is 2.21. The molecular formula is C13H11F4NO4. The lowest BCUT2D eigenvalue weighted by Crippen LogP contribution is -2.27. The van der Waals surface area contributed by atoms with E-state index >= 15 is 0 Å². The summed E-state index contributed by atoms with van der Waals surface area (Å²) in [5, 5.41) is 20.0. The standard InChI is InChI=1S/C13H11F4NO4/c1-5(4-19)18-3-7(13(21)22)12(20)6-2-8(14)10(16)11(17)9(6)15/h2-3,5,18-19H,4H2,1H3,(H,21,22)/b7-3+. The van der Waals surface area contributed by atoms with Crippen LogP contribution in [0.1, 0.15) is 17.3 Å². The molecule has 22 heavy (non-hydrogen) atoms. The molecule has 120 valence electrons. The molecule has 0 aliphatic rings. The van der Waals surface area contributed by atoms with E-state index in [1.807, 2.05) is 0 Å². The third-order valence-corrected chi connectivity index (χ3v) is 2.61. The predicted octanol–water partition coefficient (Wildman–Crippen LogP) is 1.36. The molecule has 1 aromatic rings. The van der Waals surface area contributed by atoms with E-state index in [2.05, 4.69) is 5.32 Å². The second kappa shape index (κ2) is 7.03. The summed E-state index contributed by atoms with van der Waals surface area (Å²) < 4.78 is 52.5. The molecule has 1 rings (SSSR count).